The highest BCUT2D eigenvalue weighted by Crippen LogP contribution is 2.20. The number of hydrogen-bond donors (Lipinski definition) is 1. The summed E-state index contributed by atoms with van der Waals surface area (Å²) in [7, 11) is 0. The Hall–Kier alpha value is -0.250. The maximum Gasteiger partial charge on any atom is 0.0860 e. The third-order valence-electron chi connectivity index (χ3n) is 2.30. The first-order valence-corrected chi connectivity index (χ1v) is 6.02. The molecule has 0 fully saturated rings. The average Bonchev–Trinajstić information content (AvgIpc) is 2.52. The predicted molar refractivity (Wildman–Crippen MR) is 64.7 cm³/mol. The van der Waals surface area contributed by atoms with E-state index in [0.717, 1.165) is 23.0 Å². The molecule has 1 heterocycles. The summed E-state index contributed by atoms with van der Waals surface area (Å²) in [6, 6.07) is 0.281. The SMILES string of the molecule is CCn1nc(C)c(Cl)c1CNC(C)CCl. The van der Waals surface area contributed by atoms with Gasteiger partial charge in [0, 0.05) is 25.0 Å². The van der Waals surface area contributed by atoms with Crippen LogP contribution in [0.2, 0.25) is 5.02 Å². The molecule has 0 aromatic carbocycles. The van der Waals surface area contributed by atoms with Gasteiger partial charge in [-0.25, -0.2) is 0 Å². The van der Waals surface area contributed by atoms with Gasteiger partial charge in [-0.05, 0) is 20.8 Å². The first kappa shape index (κ1) is 12.8. The summed E-state index contributed by atoms with van der Waals surface area (Å²) in [5.41, 5.74) is 1.92. The molecule has 3 nitrogen and oxygen atoms in total. The summed E-state index contributed by atoms with van der Waals surface area (Å²) in [6.45, 7) is 7.56. The maximum atomic E-state index is 6.16. The van der Waals surface area contributed by atoms with Crippen molar-refractivity contribution in [2.75, 3.05) is 5.88 Å². The average molecular weight is 250 g/mol. The van der Waals surface area contributed by atoms with E-state index >= 15 is 0 Å². The minimum absolute atomic E-state index is 0.281. The third kappa shape index (κ3) is 3.10. The number of aryl methyl sites for hydroxylation is 2. The lowest BCUT2D eigenvalue weighted by atomic mass is 10.3. The molecule has 5 heteroatoms. The lowest BCUT2D eigenvalue weighted by Crippen LogP contribution is -2.28. The van der Waals surface area contributed by atoms with Gasteiger partial charge in [-0.3, -0.25) is 4.68 Å². The Morgan fingerprint density at radius 2 is 2.20 bits per heavy atom. The second-order valence-corrected chi connectivity index (χ2v) is 4.28. The number of aromatic nitrogens is 2. The van der Waals surface area contributed by atoms with Crippen molar-refractivity contribution in [3.8, 4) is 0 Å². The van der Waals surface area contributed by atoms with Crippen LogP contribution in [0.1, 0.15) is 25.2 Å². The second-order valence-electron chi connectivity index (χ2n) is 3.60. The van der Waals surface area contributed by atoms with Crippen LogP contribution in [0.4, 0.5) is 0 Å². The molecule has 0 amide bonds. The standard InChI is InChI=1S/C10H17Cl2N3/c1-4-15-9(6-13-7(2)5-11)10(12)8(3)14-15/h7,13H,4-6H2,1-3H3. The number of rotatable bonds is 5. The van der Waals surface area contributed by atoms with Gasteiger partial charge < -0.3 is 5.32 Å². The molecule has 1 atom stereocenters. The molecule has 0 aliphatic rings. The maximum absolute atomic E-state index is 6.16. The molecule has 1 unspecified atom stereocenters. The van der Waals surface area contributed by atoms with Crippen molar-refractivity contribution in [2.24, 2.45) is 0 Å². The van der Waals surface area contributed by atoms with Gasteiger partial charge in [0.1, 0.15) is 0 Å². The zero-order chi connectivity index (χ0) is 11.4. The first-order chi connectivity index (χ1) is 7.10. The highest BCUT2D eigenvalue weighted by molar-refractivity contribution is 6.31. The molecule has 0 aliphatic carbocycles. The Morgan fingerprint density at radius 1 is 1.53 bits per heavy atom. The zero-order valence-corrected chi connectivity index (χ0v) is 10.9. The highest BCUT2D eigenvalue weighted by atomic mass is 35.5. The lowest BCUT2D eigenvalue weighted by Gasteiger charge is -2.11. The lowest BCUT2D eigenvalue weighted by molar-refractivity contribution is 0.542. The summed E-state index contributed by atoms with van der Waals surface area (Å²) in [5.74, 6) is 0.594. The van der Waals surface area contributed by atoms with Gasteiger partial charge in [-0.1, -0.05) is 11.6 Å². The van der Waals surface area contributed by atoms with E-state index in [4.69, 9.17) is 23.2 Å². The molecule has 1 aromatic rings. The largest absolute Gasteiger partial charge is 0.307 e. The molecule has 0 aliphatic heterocycles. The number of halogens is 2. The summed E-state index contributed by atoms with van der Waals surface area (Å²) in [4.78, 5) is 0. The molecule has 0 saturated carbocycles. The van der Waals surface area contributed by atoms with Gasteiger partial charge in [-0.2, -0.15) is 5.10 Å². The second kappa shape index (κ2) is 5.73. The van der Waals surface area contributed by atoms with Gasteiger partial charge in [0.25, 0.3) is 0 Å². The Balaban J connectivity index is 2.74. The van der Waals surface area contributed by atoms with Crippen molar-refractivity contribution in [2.45, 2.75) is 39.9 Å². The highest BCUT2D eigenvalue weighted by Gasteiger charge is 2.12. The van der Waals surface area contributed by atoms with Crippen LogP contribution in [0.15, 0.2) is 0 Å². The van der Waals surface area contributed by atoms with Crippen LogP contribution in [0.5, 0.6) is 0 Å². The van der Waals surface area contributed by atoms with Crippen LogP contribution < -0.4 is 5.32 Å². The van der Waals surface area contributed by atoms with E-state index in [9.17, 15) is 0 Å². The number of nitrogens with zero attached hydrogens (tertiary/aromatic N) is 2. The topological polar surface area (TPSA) is 29.9 Å². The fourth-order valence-electron chi connectivity index (χ4n) is 1.36. The van der Waals surface area contributed by atoms with Crippen molar-refractivity contribution in [3.05, 3.63) is 16.4 Å². The van der Waals surface area contributed by atoms with Crippen molar-refractivity contribution >= 4 is 23.2 Å². The minimum atomic E-state index is 0.281. The van der Waals surface area contributed by atoms with Gasteiger partial charge in [0.15, 0.2) is 0 Å². The van der Waals surface area contributed by atoms with E-state index in [-0.39, 0.29) is 6.04 Å². The molecule has 0 radical (unpaired) electrons. The predicted octanol–water partition coefficient (Wildman–Crippen LogP) is 2.58. The van der Waals surface area contributed by atoms with Gasteiger partial charge in [-0.15, -0.1) is 11.6 Å². The van der Waals surface area contributed by atoms with E-state index in [2.05, 4.69) is 17.3 Å². The summed E-state index contributed by atoms with van der Waals surface area (Å²) in [6.07, 6.45) is 0. The molecule has 1 N–H and O–H groups in total. The minimum Gasteiger partial charge on any atom is -0.307 e. The third-order valence-corrected chi connectivity index (χ3v) is 3.26. The van der Waals surface area contributed by atoms with Gasteiger partial charge in [0.2, 0.25) is 0 Å². The zero-order valence-electron chi connectivity index (χ0n) is 9.35. The van der Waals surface area contributed by atoms with E-state index in [1.165, 1.54) is 0 Å². The number of nitrogens with one attached hydrogen (secondary N) is 1. The monoisotopic (exact) mass is 249 g/mol. The molecule has 1 aromatic heterocycles. The number of hydrogen-bond acceptors (Lipinski definition) is 2. The Kier molecular flexibility index (Phi) is 4.90. The number of alkyl halides is 1. The molecule has 0 saturated heterocycles. The summed E-state index contributed by atoms with van der Waals surface area (Å²) < 4.78 is 1.92. The quantitative estimate of drug-likeness (QED) is 0.814. The van der Waals surface area contributed by atoms with Crippen LogP contribution in [-0.4, -0.2) is 21.7 Å². The molecular formula is C10H17Cl2N3. The summed E-state index contributed by atoms with van der Waals surface area (Å²) in [5, 5.41) is 8.40. The van der Waals surface area contributed by atoms with E-state index < -0.39 is 0 Å². The van der Waals surface area contributed by atoms with Crippen LogP contribution in [0.3, 0.4) is 0 Å². The van der Waals surface area contributed by atoms with Crippen LogP contribution in [-0.2, 0) is 13.1 Å². The van der Waals surface area contributed by atoms with Crippen LogP contribution in [0, 0.1) is 6.92 Å². The van der Waals surface area contributed by atoms with Crippen LogP contribution >= 0.6 is 23.2 Å². The van der Waals surface area contributed by atoms with Crippen molar-refractivity contribution in [1.29, 1.82) is 0 Å². The molecular weight excluding hydrogens is 233 g/mol. The van der Waals surface area contributed by atoms with Crippen molar-refractivity contribution in [1.82, 2.24) is 15.1 Å². The normalized spacial score (nSPS) is 13.1. The smallest absolute Gasteiger partial charge is 0.0860 e. The molecule has 1 rings (SSSR count). The fraction of sp³-hybridized carbons (Fsp3) is 0.700. The Bertz CT molecular complexity index is 323. The van der Waals surface area contributed by atoms with Gasteiger partial charge >= 0.3 is 0 Å². The summed E-state index contributed by atoms with van der Waals surface area (Å²) >= 11 is 11.9. The van der Waals surface area contributed by atoms with Crippen molar-refractivity contribution in [3.63, 3.8) is 0 Å². The van der Waals surface area contributed by atoms with Crippen LogP contribution in [0.25, 0.3) is 0 Å². The van der Waals surface area contributed by atoms with Gasteiger partial charge in [0.05, 0.1) is 16.4 Å². The molecule has 15 heavy (non-hydrogen) atoms. The molecule has 0 spiro atoms. The Labute approximate surface area is 101 Å². The van der Waals surface area contributed by atoms with Crippen molar-refractivity contribution < 1.29 is 0 Å². The molecule has 86 valence electrons. The first-order valence-electron chi connectivity index (χ1n) is 5.11. The Morgan fingerprint density at radius 3 is 2.73 bits per heavy atom. The molecule has 0 bridgehead atoms. The van der Waals surface area contributed by atoms with E-state index in [1.54, 1.807) is 0 Å². The fourth-order valence-corrected chi connectivity index (χ4v) is 1.67. The van der Waals surface area contributed by atoms with E-state index in [0.29, 0.717) is 12.4 Å². The van der Waals surface area contributed by atoms with E-state index in [1.807, 2.05) is 18.5 Å².